The average Bonchev–Trinajstić information content (AvgIpc) is 2.73. The normalized spacial score (nSPS) is 10.6. The molecule has 0 aliphatic heterocycles. The molecule has 0 atom stereocenters. The van der Waals surface area contributed by atoms with Crippen LogP contribution in [0.25, 0.3) is 0 Å². The van der Waals surface area contributed by atoms with Gasteiger partial charge in [-0.1, -0.05) is 42.5 Å². The first-order chi connectivity index (χ1) is 13.6. The van der Waals surface area contributed by atoms with Gasteiger partial charge in [-0.15, -0.1) is 0 Å². The topological polar surface area (TPSA) is 93.8 Å². The number of ether oxygens (including phenoxy) is 1. The second kappa shape index (κ2) is 9.09. The van der Waals surface area contributed by atoms with Crippen molar-refractivity contribution < 1.29 is 14.5 Å². The first kappa shape index (κ1) is 18.8. The van der Waals surface area contributed by atoms with Crippen LogP contribution in [0.5, 0.6) is 5.75 Å². The minimum atomic E-state index is -0.503. The van der Waals surface area contributed by atoms with Gasteiger partial charge in [-0.2, -0.15) is 5.10 Å². The van der Waals surface area contributed by atoms with Crippen molar-refractivity contribution in [2.24, 2.45) is 5.10 Å². The fraction of sp³-hybridized carbons (Fsp3) is 0.0476. The lowest BCUT2D eigenvalue weighted by Gasteiger charge is -2.07. The maximum absolute atomic E-state index is 12.1. The van der Waals surface area contributed by atoms with E-state index in [0.29, 0.717) is 23.5 Å². The van der Waals surface area contributed by atoms with Crippen LogP contribution < -0.4 is 10.2 Å². The Bertz CT molecular complexity index is 986. The van der Waals surface area contributed by atoms with E-state index in [2.05, 4.69) is 10.5 Å². The second-order valence-electron chi connectivity index (χ2n) is 5.81. The van der Waals surface area contributed by atoms with Gasteiger partial charge in [0.2, 0.25) is 0 Å². The summed E-state index contributed by atoms with van der Waals surface area (Å²) in [4.78, 5) is 22.6. The van der Waals surface area contributed by atoms with Crippen LogP contribution in [0.2, 0.25) is 0 Å². The summed E-state index contributed by atoms with van der Waals surface area (Å²) in [5, 5.41) is 14.8. The predicted octanol–water partition coefficient (Wildman–Crippen LogP) is 3.94. The molecule has 0 aliphatic rings. The fourth-order valence-corrected chi connectivity index (χ4v) is 2.43. The summed E-state index contributed by atoms with van der Waals surface area (Å²) in [6, 6.07) is 22.5. The van der Waals surface area contributed by atoms with Crippen molar-refractivity contribution in [3.8, 4) is 5.75 Å². The zero-order chi connectivity index (χ0) is 19.8. The Kier molecular flexibility index (Phi) is 6.10. The molecule has 0 saturated carbocycles. The predicted molar refractivity (Wildman–Crippen MR) is 105 cm³/mol. The minimum absolute atomic E-state index is 0.0829. The summed E-state index contributed by atoms with van der Waals surface area (Å²) in [5.41, 5.74) is 4.02. The molecule has 0 heterocycles. The summed E-state index contributed by atoms with van der Waals surface area (Å²) >= 11 is 0. The Morgan fingerprint density at radius 1 is 1.00 bits per heavy atom. The van der Waals surface area contributed by atoms with Crippen molar-refractivity contribution in [1.82, 2.24) is 5.43 Å². The average molecular weight is 375 g/mol. The highest BCUT2D eigenvalue weighted by atomic mass is 16.6. The van der Waals surface area contributed by atoms with Crippen molar-refractivity contribution in [3.05, 3.63) is 106 Å². The van der Waals surface area contributed by atoms with E-state index in [1.165, 1.54) is 12.3 Å². The van der Waals surface area contributed by atoms with E-state index in [1.54, 1.807) is 42.5 Å². The van der Waals surface area contributed by atoms with Crippen molar-refractivity contribution in [2.45, 2.75) is 6.61 Å². The molecule has 0 unspecified atom stereocenters. The van der Waals surface area contributed by atoms with E-state index in [4.69, 9.17) is 4.74 Å². The van der Waals surface area contributed by atoms with Gasteiger partial charge in [0.15, 0.2) is 0 Å². The number of nitro groups is 1. The number of nitrogens with zero attached hydrogens (tertiary/aromatic N) is 2. The maximum atomic E-state index is 12.1. The summed E-state index contributed by atoms with van der Waals surface area (Å²) in [5.74, 6) is 0.216. The number of rotatable bonds is 7. The van der Waals surface area contributed by atoms with E-state index in [9.17, 15) is 14.9 Å². The Morgan fingerprint density at radius 2 is 1.68 bits per heavy atom. The highest BCUT2D eigenvalue weighted by molar-refractivity contribution is 5.95. The van der Waals surface area contributed by atoms with Crippen LogP contribution in [-0.2, 0) is 6.61 Å². The third-order valence-electron chi connectivity index (χ3n) is 3.87. The molecule has 7 heteroatoms. The van der Waals surface area contributed by atoms with Gasteiger partial charge < -0.3 is 4.74 Å². The van der Waals surface area contributed by atoms with E-state index in [0.717, 1.165) is 5.56 Å². The monoisotopic (exact) mass is 375 g/mol. The number of hydrazone groups is 1. The molecule has 140 valence electrons. The van der Waals surface area contributed by atoms with Crippen molar-refractivity contribution in [1.29, 1.82) is 0 Å². The van der Waals surface area contributed by atoms with Crippen LogP contribution in [0.4, 0.5) is 5.69 Å². The molecule has 3 aromatic rings. The molecule has 0 saturated heterocycles. The van der Waals surface area contributed by atoms with Gasteiger partial charge in [-0.3, -0.25) is 14.9 Å². The molecule has 0 spiro atoms. The Hall–Kier alpha value is -4.00. The van der Waals surface area contributed by atoms with Crippen LogP contribution in [-0.4, -0.2) is 17.0 Å². The van der Waals surface area contributed by atoms with Crippen LogP contribution in [0.3, 0.4) is 0 Å². The molecule has 1 amide bonds. The summed E-state index contributed by atoms with van der Waals surface area (Å²) < 4.78 is 5.68. The molecule has 0 aliphatic carbocycles. The number of benzene rings is 3. The lowest BCUT2D eigenvalue weighted by molar-refractivity contribution is -0.385. The van der Waals surface area contributed by atoms with Crippen LogP contribution in [0.1, 0.15) is 21.5 Å². The van der Waals surface area contributed by atoms with Crippen LogP contribution in [0, 0.1) is 10.1 Å². The van der Waals surface area contributed by atoms with Crippen molar-refractivity contribution >= 4 is 17.8 Å². The molecule has 0 aromatic heterocycles. The number of nitrogens with one attached hydrogen (secondary N) is 1. The van der Waals surface area contributed by atoms with Gasteiger partial charge in [0.1, 0.15) is 12.4 Å². The molecule has 1 N–H and O–H groups in total. The fourth-order valence-electron chi connectivity index (χ4n) is 2.43. The number of carbonyl (C=O) groups is 1. The van der Waals surface area contributed by atoms with E-state index < -0.39 is 10.8 Å². The van der Waals surface area contributed by atoms with E-state index in [-0.39, 0.29) is 5.69 Å². The van der Waals surface area contributed by atoms with Crippen LogP contribution >= 0.6 is 0 Å². The summed E-state index contributed by atoms with van der Waals surface area (Å²) in [6.07, 6.45) is 1.24. The quantitative estimate of drug-likeness (QED) is 0.384. The molecule has 0 radical (unpaired) electrons. The van der Waals surface area contributed by atoms with Crippen molar-refractivity contribution in [2.75, 3.05) is 0 Å². The molecule has 28 heavy (non-hydrogen) atoms. The summed E-state index contributed by atoms with van der Waals surface area (Å²) in [6.45, 7) is 0.437. The van der Waals surface area contributed by atoms with Gasteiger partial charge in [0.25, 0.3) is 11.6 Å². The number of hydrogen-bond donors (Lipinski definition) is 1. The lowest BCUT2D eigenvalue weighted by atomic mass is 10.2. The molecular formula is C21H17N3O4. The van der Waals surface area contributed by atoms with Gasteiger partial charge in [0, 0.05) is 11.6 Å². The molecule has 3 aromatic carbocycles. The Morgan fingerprint density at radius 3 is 2.39 bits per heavy atom. The highest BCUT2D eigenvalue weighted by Gasteiger charge is 2.10. The number of para-hydroxylation sites is 1. The molecular weight excluding hydrogens is 358 g/mol. The zero-order valence-corrected chi connectivity index (χ0v) is 14.8. The van der Waals surface area contributed by atoms with Gasteiger partial charge in [0.05, 0.1) is 16.7 Å². The van der Waals surface area contributed by atoms with Gasteiger partial charge >= 0.3 is 0 Å². The third-order valence-corrected chi connectivity index (χ3v) is 3.87. The van der Waals surface area contributed by atoms with Crippen LogP contribution in [0.15, 0.2) is 84.0 Å². The minimum Gasteiger partial charge on any atom is -0.489 e. The first-order valence-electron chi connectivity index (χ1n) is 8.47. The number of amides is 1. The third kappa shape index (κ3) is 5.01. The number of hydrogen-bond acceptors (Lipinski definition) is 5. The smallest absolute Gasteiger partial charge is 0.278 e. The van der Waals surface area contributed by atoms with E-state index >= 15 is 0 Å². The summed E-state index contributed by atoms with van der Waals surface area (Å²) in [7, 11) is 0. The SMILES string of the molecule is O=C(N/N=C/c1ccccc1[N+](=O)[O-])c1ccc(OCc2ccccc2)cc1. The Balaban J connectivity index is 1.57. The second-order valence-corrected chi connectivity index (χ2v) is 5.81. The van der Waals surface area contributed by atoms with Gasteiger partial charge in [-0.05, 0) is 35.9 Å². The molecule has 0 fully saturated rings. The molecule has 7 nitrogen and oxygen atoms in total. The van der Waals surface area contributed by atoms with Gasteiger partial charge in [-0.25, -0.2) is 5.43 Å². The zero-order valence-electron chi connectivity index (χ0n) is 14.8. The van der Waals surface area contributed by atoms with E-state index in [1.807, 2.05) is 30.3 Å². The Labute approximate surface area is 161 Å². The first-order valence-corrected chi connectivity index (χ1v) is 8.47. The maximum Gasteiger partial charge on any atom is 0.278 e. The molecule has 3 rings (SSSR count). The number of nitro benzene ring substituents is 1. The highest BCUT2D eigenvalue weighted by Crippen LogP contribution is 2.16. The largest absolute Gasteiger partial charge is 0.489 e. The standard InChI is InChI=1S/C21H17N3O4/c25-21(23-22-14-18-8-4-5-9-20(18)24(26)27)17-10-12-19(13-11-17)28-15-16-6-2-1-3-7-16/h1-14H,15H2,(H,23,25)/b22-14+. The lowest BCUT2D eigenvalue weighted by Crippen LogP contribution is -2.17. The number of carbonyl (C=O) groups excluding carboxylic acids is 1. The molecule has 0 bridgehead atoms. The van der Waals surface area contributed by atoms with Crippen molar-refractivity contribution in [3.63, 3.8) is 0 Å².